The van der Waals surface area contributed by atoms with Gasteiger partial charge in [0.2, 0.25) is 5.91 Å². The number of carbonyl (C=O) groups excluding carboxylic acids is 1. The highest BCUT2D eigenvalue weighted by molar-refractivity contribution is 9.10. The largest absolute Gasteiger partial charge is 0.336 e. The number of H-pyrrole nitrogens is 1. The van der Waals surface area contributed by atoms with Crippen LogP contribution in [0.5, 0.6) is 0 Å². The van der Waals surface area contributed by atoms with Gasteiger partial charge in [-0.2, -0.15) is 0 Å². The van der Waals surface area contributed by atoms with Crippen LogP contribution in [0.1, 0.15) is 17.8 Å². The summed E-state index contributed by atoms with van der Waals surface area (Å²) in [5.74, 6) is 1.06. The Bertz CT molecular complexity index is 663. The maximum Gasteiger partial charge on any atom is 0.227 e. The van der Waals surface area contributed by atoms with Gasteiger partial charge in [0, 0.05) is 24.7 Å². The molecule has 0 saturated heterocycles. The molecular weight excluding hydrogens is 306 g/mol. The fourth-order valence-electron chi connectivity index (χ4n) is 2.46. The van der Waals surface area contributed by atoms with Gasteiger partial charge in [-0.1, -0.05) is 6.07 Å². The van der Waals surface area contributed by atoms with E-state index in [9.17, 15) is 4.79 Å². The van der Waals surface area contributed by atoms with E-state index in [2.05, 4.69) is 32.0 Å². The van der Waals surface area contributed by atoms with E-state index in [1.54, 1.807) is 4.90 Å². The van der Waals surface area contributed by atoms with Crippen LogP contribution in [-0.4, -0.2) is 22.9 Å². The lowest BCUT2D eigenvalue weighted by atomic mass is 9.98. The highest BCUT2D eigenvalue weighted by atomic mass is 79.9. The van der Waals surface area contributed by atoms with Crippen LogP contribution in [0.25, 0.3) is 11.3 Å². The summed E-state index contributed by atoms with van der Waals surface area (Å²) in [6.45, 7) is 1.93. The predicted molar refractivity (Wildman–Crippen MR) is 78.2 cm³/mol. The molecule has 0 fully saturated rings. The van der Waals surface area contributed by atoms with Crippen LogP contribution in [0.2, 0.25) is 0 Å². The zero-order valence-electron chi connectivity index (χ0n) is 10.8. The summed E-state index contributed by atoms with van der Waals surface area (Å²) < 4.78 is 0.894. The zero-order chi connectivity index (χ0) is 13.6. The molecule has 2 heterocycles. The molecule has 1 aromatic heterocycles. The van der Waals surface area contributed by atoms with E-state index in [0.717, 1.165) is 33.8 Å². The molecule has 2 aromatic rings. The van der Waals surface area contributed by atoms with E-state index in [1.807, 2.05) is 26.1 Å². The Kier molecular flexibility index (Phi) is 2.93. The van der Waals surface area contributed by atoms with Crippen LogP contribution in [0.3, 0.4) is 0 Å². The number of aromatic nitrogens is 2. The third-order valence-electron chi connectivity index (χ3n) is 3.47. The number of rotatable bonds is 1. The number of anilines is 1. The van der Waals surface area contributed by atoms with Crippen molar-refractivity contribution in [1.82, 2.24) is 9.97 Å². The van der Waals surface area contributed by atoms with Gasteiger partial charge in [0.05, 0.1) is 0 Å². The number of hydrogen-bond acceptors (Lipinski definition) is 2. The molecule has 19 heavy (non-hydrogen) atoms. The van der Waals surface area contributed by atoms with Crippen LogP contribution in [0, 0.1) is 6.92 Å². The van der Waals surface area contributed by atoms with Crippen molar-refractivity contribution >= 4 is 27.5 Å². The minimum absolute atomic E-state index is 0.178. The summed E-state index contributed by atoms with van der Waals surface area (Å²) in [7, 11) is 1.83. The second kappa shape index (κ2) is 4.49. The van der Waals surface area contributed by atoms with Crippen molar-refractivity contribution in [3.8, 4) is 11.3 Å². The number of hydrogen-bond donors (Lipinski definition) is 1. The molecule has 5 heteroatoms. The molecule has 0 radical (unpaired) electrons. The van der Waals surface area contributed by atoms with Crippen molar-refractivity contribution < 1.29 is 4.79 Å². The average molecular weight is 320 g/mol. The summed E-state index contributed by atoms with van der Waals surface area (Å²) in [5.41, 5.74) is 4.19. The molecule has 0 unspecified atom stereocenters. The maximum atomic E-state index is 11.7. The quantitative estimate of drug-likeness (QED) is 0.878. The fraction of sp³-hybridized carbons (Fsp3) is 0.286. The molecule has 3 rings (SSSR count). The van der Waals surface area contributed by atoms with Crippen molar-refractivity contribution in [2.75, 3.05) is 11.9 Å². The van der Waals surface area contributed by atoms with Crippen LogP contribution in [-0.2, 0) is 11.2 Å². The molecule has 4 nitrogen and oxygen atoms in total. The van der Waals surface area contributed by atoms with E-state index < -0.39 is 0 Å². The third kappa shape index (κ3) is 2.08. The molecule has 98 valence electrons. The van der Waals surface area contributed by atoms with Crippen LogP contribution in [0.15, 0.2) is 22.8 Å². The molecule has 1 aromatic carbocycles. The highest BCUT2D eigenvalue weighted by Crippen LogP contribution is 2.33. The molecule has 0 aliphatic carbocycles. The number of nitrogens with zero attached hydrogens (tertiary/aromatic N) is 2. The van der Waals surface area contributed by atoms with Gasteiger partial charge in [-0.05, 0) is 47.0 Å². The number of imidazole rings is 1. The van der Waals surface area contributed by atoms with Crippen molar-refractivity contribution in [3.63, 3.8) is 0 Å². The topological polar surface area (TPSA) is 49.0 Å². The number of carbonyl (C=O) groups is 1. The maximum absolute atomic E-state index is 11.7. The van der Waals surface area contributed by atoms with Crippen LogP contribution >= 0.6 is 15.9 Å². The summed E-state index contributed by atoms with van der Waals surface area (Å²) in [4.78, 5) is 21.0. The monoisotopic (exact) mass is 319 g/mol. The SMILES string of the molecule is Cc1nc(-c2ccc3c(c2)CCC(=O)N3C)c(Br)[nH]1. The Morgan fingerprint density at radius 3 is 2.84 bits per heavy atom. The van der Waals surface area contributed by atoms with Gasteiger partial charge in [-0.25, -0.2) is 4.98 Å². The van der Waals surface area contributed by atoms with Gasteiger partial charge >= 0.3 is 0 Å². The fourth-order valence-corrected chi connectivity index (χ4v) is 3.06. The molecule has 1 N–H and O–H groups in total. The van der Waals surface area contributed by atoms with E-state index in [0.29, 0.717) is 6.42 Å². The molecule has 0 spiro atoms. The summed E-state index contributed by atoms with van der Waals surface area (Å²) >= 11 is 3.49. The van der Waals surface area contributed by atoms with Gasteiger partial charge < -0.3 is 9.88 Å². The number of halogens is 1. The number of fused-ring (bicyclic) bond motifs is 1. The first-order valence-electron chi connectivity index (χ1n) is 6.18. The lowest BCUT2D eigenvalue weighted by Crippen LogP contribution is -2.30. The minimum Gasteiger partial charge on any atom is -0.336 e. The Hall–Kier alpha value is -1.62. The number of benzene rings is 1. The van der Waals surface area contributed by atoms with E-state index >= 15 is 0 Å². The van der Waals surface area contributed by atoms with Gasteiger partial charge in [-0.3, -0.25) is 4.79 Å². The number of nitrogens with one attached hydrogen (secondary N) is 1. The summed E-state index contributed by atoms with van der Waals surface area (Å²) in [5, 5.41) is 0. The molecule has 0 saturated carbocycles. The number of aryl methyl sites for hydroxylation is 2. The van der Waals surface area contributed by atoms with E-state index in [4.69, 9.17) is 0 Å². The molecule has 1 aliphatic rings. The first-order valence-corrected chi connectivity index (χ1v) is 6.97. The normalized spacial score (nSPS) is 14.7. The third-order valence-corrected chi connectivity index (χ3v) is 4.05. The Morgan fingerprint density at radius 2 is 2.16 bits per heavy atom. The van der Waals surface area contributed by atoms with E-state index in [-0.39, 0.29) is 5.91 Å². The van der Waals surface area contributed by atoms with Crippen molar-refractivity contribution in [1.29, 1.82) is 0 Å². The molecule has 0 bridgehead atoms. The van der Waals surface area contributed by atoms with Crippen LogP contribution < -0.4 is 4.90 Å². The van der Waals surface area contributed by atoms with Crippen molar-refractivity contribution in [2.45, 2.75) is 19.8 Å². The summed E-state index contributed by atoms with van der Waals surface area (Å²) in [6.07, 6.45) is 1.38. The minimum atomic E-state index is 0.178. The smallest absolute Gasteiger partial charge is 0.227 e. The van der Waals surface area contributed by atoms with Crippen molar-refractivity contribution in [2.24, 2.45) is 0 Å². The van der Waals surface area contributed by atoms with E-state index in [1.165, 1.54) is 5.56 Å². The Balaban J connectivity index is 2.07. The predicted octanol–water partition coefficient (Wildman–Crippen LogP) is 3.06. The van der Waals surface area contributed by atoms with Gasteiger partial charge in [0.1, 0.15) is 16.1 Å². The summed E-state index contributed by atoms with van der Waals surface area (Å²) in [6, 6.07) is 6.13. The Labute approximate surface area is 120 Å². The van der Waals surface area contributed by atoms with Crippen molar-refractivity contribution in [3.05, 3.63) is 34.2 Å². The standard InChI is InChI=1S/C14H14BrN3O/c1-8-16-13(14(15)17-8)10-3-5-11-9(7-10)4-6-12(19)18(11)2/h3,5,7H,4,6H2,1-2H3,(H,16,17). The number of amides is 1. The zero-order valence-corrected chi connectivity index (χ0v) is 12.4. The molecular formula is C14H14BrN3O. The molecule has 1 aliphatic heterocycles. The van der Waals surface area contributed by atoms with Gasteiger partial charge in [0.25, 0.3) is 0 Å². The molecule has 0 atom stereocenters. The highest BCUT2D eigenvalue weighted by Gasteiger charge is 2.21. The first kappa shape index (κ1) is 12.4. The van der Waals surface area contributed by atoms with Gasteiger partial charge in [0.15, 0.2) is 0 Å². The first-order chi connectivity index (χ1) is 9.06. The second-order valence-electron chi connectivity index (χ2n) is 4.78. The molecule has 1 amide bonds. The number of aromatic amines is 1. The lowest BCUT2D eigenvalue weighted by Gasteiger charge is -2.26. The average Bonchev–Trinajstić information content (AvgIpc) is 2.73. The van der Waals surface area contributed by atoms with Crippen LogP contribution in [0.4, 0.5) is 5.69 Å². The second-order valence-corrected chi connectivity index (χ2v) is 5.57. The lowest BCUT2D eigenvalue weighted by molar-refractivity contribution is -0.118. The Morgan fingerprint density at radius 1 is 1.37 bits per heavy atom. The van der Waals surface area contributed by atoms with Gasteiger partial charge in [-0.15, -0.1) is 0 Å².